The number of amides is 1. The van der Waals surface area contributed by atoms with Gasteiger partial charge in [0.1, 0.15) is 5.75 Å². The minimum absolute atomic E-state index is 0.000777. The molecule has 0 saturated carbocycles. The molecule has 7 nitrogen and oxygen atoms in total. The van der Waals surface area contributed by atoms with Gasteiger partial charge in [-0.25, -0.2) is 13.6 Å². The van der Waals surface area contributed by atoms with Crippen LogP contribution >= 0.6 is 0 Å². The fourth-order valence-corrected chi connectivity index (χ4v) is 5.44. The third-order valence-electron chi connectivity index (χ3n) is 6.61. The quantitative estimate of drug-likeness (QED) is 0.720. The molecule has 2 N–H and O–H groups in total. The van der Waals surface area contributed by atoms with Crippen molar-refractivity contribution in [2.24, 2.45) is 11.1 Å². The smallest absolute Gasteiger partial charge is 0.241 e. The molecule has 1 saturated heterocycles. The zero-order chi connectivity index (χ0) is 22.9. The minimum atomic E-state index is -3.75. The molecule has 2 aromatic carbocycles. The summed E-state index contributed by atoms with van der Waals surface area (Å²) >= 11 is 0. The normalized spacial score (nSPS) is 19.7. The zero-order valence-corrected chi connectivity index (χ0v) is 19.5. The van der Waals surface area contributed by atoms with Gasteiger partial charge in [-0.2, -0.15) is 0 Å². The number of nitrogens with two attached hydrogens (primary N) is 1. The number of piperidine rings is 1. The van der Waals surface area contributed by atoms with E-state index < -0.39 is 10.0 Å². The van der Waals surface area contributed by atoms with Crippen LogP contribution in [0.15, 0.2) is 47.4 Å². The van der Waals surface area contributed by atoms with Crippen molar-refractivity contribution >= 4 is 21.6 Å². The summed E-state index contributed by atoms with van der Waals surface area (Å²) in [7, 11) is -2.08. The fraction of sp³-hybridized carbons (Fsp3) is 0.458. The van der Waals surface area contributed by atoms with Crippen molar-refractivity contribution in [1.29, 1.82) is 0 Å². The van der Waals surface area contributed by atoms with E-state index in [1.165, 1.54) is 11.6 Å². The number of methoxy groups -OCH3 is 1. The van der Waals surface area contributed by atoms with Gasteiger partial charge < -0.3 is 9.64 Å². The maximum atomic E-state index is 13.1. The predicted octanol–water partition coefficient (Wildman–Crippen LogP) is 2.57. The van der Waals surface area contributed by atoms with Crippen molar-refractivity contribution < 1.29 is 17.9 Å². The maximum Gasteiger partial charge on any atom is 0.241 e. The van der Waals surface area contributed by atoms with E-state index in [2.05, 4.69) is 17.0 Å². The number of likely N-dealkylation sites (tertiary alicyclic amines) is 1. The van der Waals surface area contributed by atoms with Gasteiger partial charge in [-0.15, -0.1) is 0 Å². The highest BCUT2D eigenvalue weighted by atomic mass is 32.2. The predicted molar refractivity (Wildman–Crippen MR) is 124 cm³/mol. The molecule has 1 amide bonds. The number of carbonyl (C=O) groups excluding carboxylic acids is 1. The lowest BCUT2D eigenvalue weighted by molar-refractivity contribution is -0.120. The fourth-order valence-electron chi connectivity index (χ4n) is 4.88. The Kier molecular flexibility index (Phi) is 6.55. The van der Waals surface area contributed by atoms with Crippen LogP contribution in [0.3, 0.4) is 0 Å². The lowest BCUT2D eigenvalue weighted by atomic mass is 9.90. The van der Waals surface area contributed by atoms with E-state index in [1.807, 2.05) is 24.0 Å². The molecular weight excluding hydrogens is 426 g/mol. The molecule has 0 aromatic heterocycles. The number of hydrogen-bond acceptors (Lipinski definition) is 5. The Bertz CT molecular complexity index is 1080. The van der Waals surface area contributed by atoms with Crippen molar-refractivity contribution in [3.63, 3.8) is 0 Å². The Labute approximate surface area is 190 Å². The Morgan fingerprint density at radius 1 is 1.12 bits per heavy atom. The highest BCUT2D eigenvalue weighted by Gasteiger charge is 2.33. The first-order valence-corrected chi connectivity index (χ1v) is 12.6. The molecule has 172 valence electrons. The Hall–Kier alpha value is -2.42. The molecule has 32 heavy (non-hydrogen) atoms. The van der Waals surface area contributed by atoms with E-state index in [9.17, 15) is 13.2 Å². The van der Waals surface area contributed by atoms with Crippen LogP contribution in [0.1, 0.15) is 30.9 Å². The van der Waals surface area contributed by atoms with Crippen molar-refractivity contribution in [1.82, 2.24) is 4.90 Å². The van der Waals surface area contributed by atoms with Gasteiger partial charge in [0, 0.05) is 11.7 Å². The second kappa shape index (κ2) is 9.21. The molecule has 0 radical (unpaired) electrons. The van der Waals surface area contributed by atoms with E-state index in [0.29, 0.717) is 18.9 Å². The molecule has 1 fully saturated rings. The van der Waals surface area contributed by atoms with Gasteiger partial charge in [-0.1, -0.05) is 12.1 Å². The van der Waals surface area contributed by atoms with E-state index in [4.69, 9.17) is 9.88 Å². The van der Waals surface area contributed by atoms with Gasteiger partial charge >= 0.3 is 0 Å². The number of anilines is 1. The molecule has 1 unspecified atom stereocenters. The highest BCUT2D eigenvalue weighted by Crippen LogP contribution is 2.34. The molecule has 4 rings (SSSR count). The van der Waals surface area contributed by atoms with Gasteiger partial charge in [-0.3, -0.25) is 9.69 Å². The number of rotatable bonds is 6. The molecular formula is C24H31N3O4S. The van der Waals surface area contributed by atoms with Gasteiger partial charge in [-0.05, 0) is 93.1 Å². The lowest BCUT2D eigenvalue weighted by Gasteiger charge is -2.33. The zero-order valence-electron chi connectivity index (χ0n) is 18.7. The van der Waals surface area contributed by atoms with E-state index in [0.717, 1.165) is 49.4 Å². The second-order valence-corrected chi connectivity index (χ2v) is 10.5. The first-order chi connectivity index (χ1) is 15.2. The Balaban J connectivity index is 1.33. The monoisotopic (exact) mass is 457 g/mol. The summed E-state index contributed by atoms with van der Waals surface area (Å²) in [6, 6.07) is 13.0. The van der Waals surface area contributed by atoms with Crippen LogP contribution in [0.2, 0.25) is 0 Å². The summed E-state index contributed by atoms with van der Waals surface area (Å²) in [5.41, 5.74) is 2.97. The number of primary sulfonamides is 1. The average molecular weight is 458 g/mol. The first kappa shape index (κ1) is 22.8. The molecule has 8 heteroatoms. The van der Waals surface area contributed by atoms with Crippen LogP contribution in [0.4, 0.5) is 5.69 Å². The largest absolute Gasteiger partial charge is 0.497 e. The summed E-state index contributed by atoms with van der Waals surface area (Å²) < 4.78 is 28.5. The molecule has 2 aliphatic rings. The molecule has 0 spiro atoms. The average Bonchev–Trinajstić information content (AvgIpc) is 3.10. The van der Waals surface area contributed by atoms with Crippen LogP contribution in [0.5, 0.6) is 5.75 Å². The minimum Gasteiger partial charge on any atom is -0.497 e. The van der Waals surface area contributed by atoms with Crippen molar-refractivity contribution in [3.8, 4) is 5.75 Å². The topological polar surface area (TPSA) is 92.9 Å². The van der Waals surface area contributed by atoms with Crippen molar-refractivity contribution in [3.05, 3.63) is 53.6 Å². The van der Waals surface area contributed by atoms with Gasteiger partial charge in [0.2, 0.25) is 15.9 Å². The molecule has 0 aliphatic carbocycles. The number of sulfonamides is 1. The molecule has 0 bridgehead atoms. The number of carbonyl (C=O) groups is 1. The number of benzene rings is 2. The van der Waals surface area contributed by atoms with E-state index in [1.54, 1.807) is 19.2 Å². The standard InChI is InChI=1S/C24H31N3O4S/c1-17-13-20-15-22(32(25,29)30)7-8-23(20)27(17)24(28)16-26-11-9-19(10-12-26)14-18-3-5-21(31-2)6-4-18/h3-8,15,17,19H,9-14,16H2,1-2H3,(H2,25,29,30). The lowest BCUT2D eigenvalue weighted by Crippen LogP contribution is -2.45. The third-order valence-corrected chi connectivity index (χ3v) is 7.52. The van der Waals surface area contributed by atoms with Gasteiger partial charge in [0.25, 0.3) is 0 Å². The molecule has 2 aliphatic heterocycles. The summed E-state index contributed by atoms with van der Waals surface area (Å²) in [4.78, 5) is 17.3. The maximum absolute atomic E-state index is 13.1. The van der Waals surface area contributed by atoms with E-state index in [-0.39, 0.29) is 16.8 Å². The summed E-state index contributed by atoms with van der Waals surface area (Å²) in [5.74, 6) is 1.56. The molecule has 2 heterocycles. The first-order valence-electron chi connectivity index (χ1n) is 11.1. The van der Waals surface area contributed by atoms with Crippen LogP contribution in [-0.2, 0) is 27.7 Å². The van der Waals surface area contributed by atoms with E-state index >= 15 is 0 Å². The van der Waals surface area contributed by atoms with Crippen molar-refractivity contribution in [2.45, 2.75) is 43.5 Å². The number of ether oxygens (including phenoxy) is 1. The number of fused-ring (bicyclic) bond motifs is 1. The molecule has 1 atom stereocenters. The Morgan fingerprint density at radius 3 is 2.44 bits per heavy atom. The summed E-state index contributed by atoms with van der Waals surface area (Å²) in [6.45, 7) is 4.20. The van der Waals surface area contributed by atoms with Gasteiger partial charge in [0.15, 0.2) is 0 Å². The highest BCUT2D eigenvalue weighted by molar-refractivity contribution is 7.89. The number of nitrogens with zero attached hydrogens (tertiary/aromatic N) is 2. The van der Waals surface area contributed by atoms with Crippen LogP contribution in [-0.4, -0.2) is 52.0 Å². The van der Waals surface area contributed by atoms with Crippen molar-refractivity contribution in [2.75, 3.05) is 31.6 Å². The summed E-state index contributed by atoms with van der Waals surface area (Å²) in [5, 5.41) is 5.26. The summed E-state index contributed by atoms with van der Waals surface area (Å²) in [6.07, 6.45) is 3.83. The van der Waals surface area contributed by atoms with Crippen LogP contribution < -0.4 is 14.8 Å². The Morgan fingerprint density at radius 2 is 1.81 bits per heavy atom. The SMILES string of the molecule is COc1ccc(CC2CCN(CC(=O)N3c4ccc(S(N)(=O)=O)cc4CC3C)CC2)cc1. The molecule has 2 aromatic rings. The van der Waals surface area contributed by atoms with Crippen LogP contribution in [0.25, 0.3) is 0 Å². The van der Waals surface area contributed by atoms with Crippen LogP contribution in [0, 0.1) is 5.92 Å². The van der Waals surface area contributed by atoms with Gasteiger partial charge in [0.05, 0.1) is 18.6 Å². The third kappa shape index (κ3) is 4.98. The second-order valence-electron chi connectivity index (χ2n) is 8.92. The number of hydrogen-bond donors (Lipinski definition) is 1.